The molecule has 204 valence electrons. The number of benzene rings is 2. The number of rotatable bonds is 9. The first-order valence-electron chi connectivity index (χ1n) is 12.3. The van der Waals surface area contributed by atoms with Crippen molar-refractivity contribution in [3.63, 3.8) is 0 Å². The minimum atomic E-state index is -1.14. The Hall–Kier alpha value is -3.80. The Labute approximate surface area is 240 Å². The van der Waals surface area contributed by atoms with Gasteiger partial charge in [0.2, 0.25) is 0 Å². The van der Waals surface area contributed by atoms with Gasteiger partial charge in [-0.2, -0.15) is 0 Å². The Morgan fingerprint density at radius 3 is 2.28 bits per heavy atom. The predicted molar refractivity (Wildman–Crippen MR) is 156 cm³/mol. The largest absolute Gasteiger partial charge is 0.497 e. The van der Waals surface area contributed by atoms with Gasteiger partial charge in [-0.3, -0.25) is 0 Å². The summed E-state index contributed by atoms with van der Waals surface area (Å²) >= 11 is 2.28. The number of ether oxygens (including phenoxy) is 3. The molecule has 2 aromatic heterocycles. The molecule has 1 atom stereocenters. The first-order valence-corrected chi connectivity index (χ1v) is 13.4. The number of pyridine rings is 1. The molecule has 4 rings (SSSR count). The van der Waals surface area contributed by atoms with E-state index in [1.807, 2.05) is 36.5 Å². The molecule has 0 fully saturated rings. The van der Waals surface area contributed by atoms with E-state index in [1.54, 1.807) is 58.3 Å². The highest BCUT2D eigenvalue weighted by molar-refractivity contribution is 14.1. The Balaban J connectivity index is 1.48. The topological polar surface area (TPSA) is 112 Å². The molecule has 0 unspecified atom stereocenters. The Morgan fingerprint density at radius 2 is 1.67 bits per heavy atom. The lowest BCUT2D eigenvalue weighted by molar-refractivity contribution is -0.139. The van der Waals surface area contributed by atoms with Gasteiger partial charge in [0.05, 0.1) is 12.5 Å². The normalized spacial score (nSPS) is 12.1. The van der Waals surface area contributed by atoms with Crippen molar-refractivity contribution in [1.29, 1.82) is 0 Å². The fourth-order valence-electron chi connectivity index (χ4n) is 3.98. The number of carboxylic acids is 1. The van der Waals surface area contributed by atoms with E-state index in [4.69, 9.17) is 14.2 Å². The predicted octanol–water partition coefficient (Wildman–Crippen LogP) is 6.01. The number of nitrogens with zero attached hydrogens (tertiary/aromatic N) is 2. The van der Waals surface area contributed by atoms with Crippen LogP contribution in [0.15, 0.2) is 67.0 Å². The lowest BCUT2D eigenvalue weighted by Gasteiger charge is -2.22. The van der Waals surface area contributed by atoms with Crippen molar-refractivity contribution in [3.05, 3.63) is 81.7 Å². The molecule has 0 saturated heterocycles. The van der Waals surface area contributed by atoms with Crippen molar-refractivity contribution in [2.24, 2.45) is 0 Å². The second-order valence-electron chi connectivity index (χ2n) is 9.95. The first kappa shape index (κ1) is 28.2. The van der Waals surface area contributed by atoms with Crippen LogP contribution in [0.4, 0.5) is 4.79 Å². The Kier molecular flexibility index (Phi) is 8.63. The molecule has 2 heterocycles. The van der Waals surface area contributed by atoms with Crippen LogP contribution in [0.3, 0.4) is 0 Å². The number of hydrogen-bond donors (Lipinski definition) is 2. The van der Waals surface area contributed by atoms with Crippen LogP contribution in [0.1, 0.15) is 31.9 Å². The maximum Gasteiger partial charge on any atom is 0.408 e. The van der Waals surface area contributed by atoms with Gasteiger partial charge in [0.1, 0.15) is 34.5 Å². The van der Waals surface area contributed by atoms with E-state index in [-0.39, 0.29) is 6.42 Å². The van der Waals surface area contributed by atoms with Crippen molar-refractivity contribution in [2.45, 2.75) is 45.4 Å². The molecular formula is C29H30IN3O6. The number of carbonyl (C=O) groups excluding carboxylic acids is 1. The van der Waals surface area contributed by atoms with E-state index in [2.05, 4.69) is 37.5 Å². The smallest absolute Gasteiger partial charge is 0.408 e. The Morgan fingerprint density at radius 1 is 1.03 bits per heavy atom. The molecule has 0 aliphatic rings. The monoisotopic (exact) mass is 643 g/mol. The number of aromatic nitrogens is 2. The van der Waals surface area contributed by atoms with E-state index >= 15 is 0 Å². The van der Waals surface area contributed by atoms with Crippen LogP contribution in [0.25, 0.3) is 11.0 Å². The molecule has 39 heavy (non-hydrogen) atoms. The van der Waals surface area contributed by atoms with Crippen LogP contribution in [0, 0.1) is 3.57 Å². The van der Waals surface area contributed by atoms with E-state index in [9.17, 15) is 14.7 Å². The molecule has 0 bridgehead atoms. The zero-order valence-corrected chi connectivity index (χ0v) is 24.3. The molecule has 0 spiro atoms. The van der Waals surface area contributed by atoms with Gasteiger partial charge in [0, 0.05) is 28.9 Å². The van der Waals surface area contributed by atoms with Gasteiger partial charge in [-0.25, -0.2) is 14.6 Å². The van der Waals surface area contributed by atoms with Crippen LogP contribution in [-0.2, 0) is 22.5 Å². The van der Waals surface area contributed by atoms with Crippen LogP contribution < -0.4 is 14.8 Å². The van der Waals surface area contributed by atoms with Gasteiger partial charge in [-0.15, -0.1) is 0 Å². The van der Waals surface area contributed by atoms with E-state index in [0.717, 1.165) is 31.5 Å². The highest BCUT2D eigenvalue weighted by Crippen LogP contribution is 2.34. The third-order valence-electron chi connectivity index (χ3n) is 5.76. The molecule has 1 amide bonds. The second kappa shape index (κ2) is 11.9. The molecule has 10 heteroatoms. The van der Waals surface area contributed by atoms with Gasteiger partial charge in [0.25, 0.3) is 0 Å². The summed E-state index contributed by atoms with van der Waals surface area (Å²) in [5, 5.41) is 12.9. The lowest BCUT2D eigenvalue weighted by Crippen LogP contribution is -2.44. The highest BCUT2D eigenvalue weighted by atomic mass is 127. The number of methoxy groups -OCH3 is 1. The summed E-state index contributed by atoms with van der Waals surface area (Å²) in [6.45, 7) is 5.80. The van der Waals surface area contributed by atoms with Crippen molar-refractivity contribution in [3.8, 4) is 17.2 Å². The standard InChI is InChI=1S/C29H30IN3O6/c1-29(2,3)39-28(36)32-23(27(34)35)15-18-5-11-21(12-6-18)38-24-13-14-31-26-25(24)22(30)17-33(26)16-19-7-9-20(37-4)10-8-19/h5-14,17,23H,15-16H2,1-4H3,(H,32,36)(H,34,35)/t23-/m0/s1. The number of fused-ring (bicyclic) bond motifs is 1. The van der Waals surface area contributed by atoms with Crippen molar-refractivity contribution < 1.29 is 28.9 Å². The number of hydrogen-bond acceptors (Lipinski definition) is 6. The third kappa shape index (κ3) is 7.41. The van der Waals surface area contributed by atoms with Gasteiger partial charge in [-0.05, 0) is 84.8 Å². The summed E-state index contributed by atoms with van der Waals surface area (Å²) in [7, 11) is 1.65. The third-order valence-corrected chi connectivity index (χ3v) is 6.58. The summed E-state index contributed by atoms with van der Waals surface area (Å²) in [5.41, 5.74) is 1.93. The minimum absolute atomic E-state index is 0.0977. The Bertz CT molecular complexity index is 1460. The lowest BCUT2D eigenvalue weighted by atomic mass is 10.1. The molecule has 0 aliphatic carbocycles. The van der Waals surface area contributed by atoms with Crippen LogP contribution in [-0.4, -0.2) is 45.5 Å². The zero-order chi connectivity index (χ0) is 28.2. The average Bonchev–Trinajstić information content (AvgIpc) is 3.20. The number of alkyl carbamates (subject to hydrolysis) is 1. The van der Waals surface area contributed by atoms with Crippen molar-refractivity contribution in [2.75, 3.05) is 7.11 Å². The van der Waals surface area contributed by atoms with E-state index < -0.39 is 23.7 Å². The second-order valence-corrected chi connectivity index (χ2v) is 11.1. The number of aliphatic carboxylic acids is 1. The highest BCUT2D eigenvalue weighted by Gasteiger charge is 2.24. The number of carbonyl (C=O) groups is 2. The van der Waals surface area contributed by atoms with Crippen LogP contribution >= 0.6 is 22.6 Å². The first-order chi connectivity index (χ1) is 18.5. The van der Waals surface area contributed by atoms with Crippen LogP contribution in [0.2, 0.25) is 0 Å². The molecule has 2 N–H and O–H groups in total. The molecular weight excluding hydrogens is 613 g/mol. The molecule has 2 aromatic carbocycles. The molecule has 9 nitrogen and oxygen atoms in total. The molecule has 0 radical (unpaired) electrons. The quantitative estimate of drug-likeness (QED) is 0.215. The number of carboxylic acid groups (broad SMARTS) is 1. The molecule has 4 aromatic rings. The summed E-state index contributed by atoms with van der Waals surface area (Å²) in [5.74, 6) is 0.926. The number of halogens is 1. The number of nitrogens with one attached hydrogen (secondary N) is 1. The molecule has 0 saturated carbocycles. The van der Waals surface area contributed by atoms with E-state index in [1.165, 1.54) is 0 Å². The summed E-state index contributed by atoms with van der Waals surface area (Å²) in [6.07, 6.45) is 3.08. The summed E-state index contributed by atoms with van der Waals surface area (Å²) < 4.78 is 19.7. The summed E-state index contributed by atoms with van der Waals surface area (Å²) in [4.78, 5) is 28.4. The maximum absolute atomic E-state index is 12.1. The molecule has 0 aliphatic heterocycles. The van der Waals surface area contributed by atoms with Crippen LogP contribution in [0.5, 0.6) is 17.2 Å². The van der Waals surface area contributed by atoms with Crippen molar-refractivity contribution >= 4 is 45.7 Å². The maximum atomic E-state index is 12.1. The van der Waals surface area contributed by atoms with Gasteiger partial charge in [0.15, 0.2) is 0 Å². The van der Waals surface area contributed by atoms with Gasteiger partial charge < -0.3 is 29.2 Å². The zero-order valence-electron chi connectivity index (χ0n) is 22.1. The van der Waals surface area contributed by atoms with Crippen molar-refractivity contribution in [1.82, 2.24) is 14.9 Å². The fourth-order valence-corrected chi connectivity index (χ4v) is 4.82. The van der Waals surface area contributed by atoms with Gasteiger partial charge >= 0.3 is 12.1 Å². The number of amides is 1. The SMILES string of the molecule is COc1ccc(Cn2cc(I)c3c(Oc4ccc(C[C@H](NC(=O)OC(C)(C)C)C(=O)O)cc4)ccnc32)cc1. The average molecular weight is 643 g/mol. The summed E-state index contributed by atoms with van der Waals surface area (Å²) in [6, 6.07) is 15.7. The van der Waals surface area contributed by atoms with E-state index in [0.29, 0.717) is 18.0 Å². The van der Waals surface area contributed by atoms with Gasteiger partial charge in [-0.1, -0.05) is 24.3 Å². The minimum Gasteiger partial charge on any atom is -0.497 e. The fraction of sp³-hybridized carbons (Fsp3) is 0.276.